The number of halogens is 2. The van der Waals surface area contributed by atoms with E-state index >= 15 is 0 Å². The number of amides is 4. The molecule has 214 valence electrons. The molecule has 2 aromatic rings. The zero-order chi connectivity index (χ0) is 29.4. The van der Waals surface area contributed by atoms with Gasteiger partial charge in [-0.15, -0.1) is 0 Å². The Kier molecular flexibility index (Phi) is 6.48. The first-order chi connectivity index (χ1) is 19.6. The SMILES string of the molecule is CCOc1cccc(C2C3=CCC4C(=O)N(CC)C(=O)C4C3CC3C(=O)N(c4ccc(F)c(Cl)c4)C(=O)C32C)c1O. The molecule has 0 aromatic heterocycles. The van der Waals surface area contributed by atoms with E-state index in [1.165, 1.54) is 17.0 Å². The summed E-state index contributed by atoms with van der Waals surface area (Å²) in [4.78, 5) is 57.5. The number of para-hydroxylation sites is 1. The van der Waals surface area contributed by atoms with Crippen LogP contribution in [0.5, 0.6) is 11.5 Å². The molecular formula is C31H30ClFN2O6. The van der Waals surface area contributed by atoms with E-state index in [-0.39, 0.29) is 47.0 Å². The molecule has 2 aromatic carbocycles. The molecule has 0 radical (unpaired) electrons. The standard InChI is InChI=1S/C31H30ClFN2O6/c1-4-34-27(37)17-11-10-16-19(24(17)29(34)39)14-20-28(38)35(15-9-12-22(33)21(32)13-15)30(40)31(20,3)25(16)18-7-6-8-23(26(18)36)41-5-2/h6-10,12-13,17,19-20,24-25,36H,4-5,11,14H2,1-3H3. The molecule has 10 heteroatoms. The molecule has 41 heavy (non-hydrogen) atoms. The summed E-state index contributed by atoms with van der Waals surface area (Å²) >= 11 is 6.03. The number of likely N-dealkylation sites (tertiary alicyclic amines) is 1. The Labute approximate surface area is 241 Å². The van der Waals surface area contributed by atoms with E-state index in [2.05, 4.69) is 0 Å². The highest BCUT2D eigenvalue weighted by Crippen LogP contribution is 2.64. The predicted octanol–water partition coefficient (Wildman–Crippen LogP) is 4.83. The highest BCUT2D eigenvalue weighted by molar-refractivity contribution is 6.31. The number of imide groups is 2. The maximum Gasteiger partial charge on any atom is 0.241 e. The fraction of sp³-hybridized carbons (Fsp3) is 0.419. The second kappa shape index (κ2) is 9.69. The Morgan fingerprint density at radius 3 is 2.51 bits per heavy atom. The Bertz CT molecular complexity index is 1540. The van der Waals surface area contributed by atoms with E-state index in [0.717, 1.165) is 16.5 Å². The zero-order valence-corrected chi connectivity index (χ0v) is 23.7. The van der Waals surface area contributed by atoms with Gasteiger partial charge in [0.1, 0.15) is 5.82 Å². The van der Waals surface area contributed by atoms with Crippen molar-refractivity contribution in [1.82, 2.24) is 4.90 Å². The minimum absolute atomic E-state index is 0.143. The molecule has 2 saturated heterocycles. The average Bonchev–Trinajstić information content (AvgIpc) is 3.31. The summed E-state index contributed by atoms with van der Waals surface area (Å²) in [6, 6.07) is 8.73. The van der Waals surface area contributed by atoms with Gasteiger partial charge in [0.25, 0.3) is 0 Å². The van der Waals surface area contributed by atoms with Crippen molar-refractivity contribution < 1.29 is 33.4 Å². The number of carbonyl (C=O) groups excluding carboxylic acids is 4. The van der Waals surface area contributed by atoms with Gasteiger partial charge in [-0.1, -0.05) is 35.4 Å². The van der Waals surface area contributed by atoms with Gasteiger partial charge in [0.05, 0.1) is 40.5 Å². The zero-order valence-electron chi connectivity index (χ0n) is 22.9. The Hall–Kier alpha value is -3.72. The monoisotopic (exact) mass is 580 g/mol. The van der Waals surface area contributed by atoms with Crippen molar-refractivity contribution in [2.45, 2.75) is 39.5 Å². The maximum absolute atomic E-state index is 14.4. The highest BCUT2D eigenvalue weighted by atomic mass is 35.5. The van der Waals surface area contributed by atoms with Crippen LogP contribution in [0.25, 0.3) is 0 Å². The second-order valence-electron chi connectivity index (χ2n) is 11.3. The predicted molar refractivity (Wildman–Crippen MR) is 148 cm³/mol. The van der Waals surface area contributed by atoms with Crippen molar-refractivity contribution in [1.29, 1.82) is 0 Å². The lowest BCUT2D eigenvalue weighted by Crippen LogP contribution is -2.48. The van der Waals surface area contributed by atoms with Crippen molar-refractivity contribution in [2.75, 3.05) is 18.1 Å². The van der Waals surface area contributed by atoms with Crippen molar-refractivity contribution in [3.63, 3.8) is 0 Å². The molecular weight excluding hydrogens is 551 g/mol. The van der Waals surface area contributed by atoms with E-state index in [1.54, 1.807) is 39.0 Å². The number of hydrogen-bond donors (Lipinski definition) is 1. The first-order valence-corrected chi connectivity index (χ1v) is 14.3. The Morgan fingerprint density at radius 1 is 1.07 bits per heavy atom. The summed E-state index contributed by atoms with van der Waals surface area (Å²) < 4.78 is 19.7. The lowest BCUT2D eigenvalue weighted by molar-refractivity contribution is -0.140. The van der Waals surface area contributed by atoms with Crippen LogP contribution in [-0.2, 0) is 19.2 Å². The van der Waals surface area contributed by atoms with Gasteiger partial charge in [-0.2, -0.15) is 0 Å². The molecule has 3 fully saturated rings. The lowest BCUT2D eigenvalue weighted by atomic mass is 9.51. The Morgan fingerprint density at radius 2 is 1.83 bits per heavy atom. The summed E-state index contributed by atoms with van der Waals surface area (Å²) in [6.45, 7) is 5.81. The normalized spacial score (nSPS) is 30.8. The summed E-state index contributed by atoms with van der Waals surface area (Å²) in [7, 11) is 0. The van der Waals surface area contributed by atoms with Gasteiger partial charge in [-0.25, -0.2) is 9.29 Å². The number of phenolic OH excluding ortho intramolecular Hbond substituents is 1. The van der Waals surface area contributed by atoms with E-state index in [4.69, 9.17) is 16.3 Å². The number of ether oxygens (including phenoxy) is 1. The van der Waals surface area contributed by atoms with Crippen LogP contribution in [0.15, 0.2) is 48.0 Å². The number of rotatable bonds is 5. The van der Waals surface area contributed by atoms with Gasteiger partial charge < -0.3 is 9.84 Å². The van der Waals surface area contributed by atoms with Gasteiger partial charge in [0.15, 0.2) is 11.5 Å². The van der Waals surface area contributed by atoms with Crippen LogP contribution in [0, 0.1) is 34.9 Å². The molecule has 6 unspecified atom stereocenters. The number of phenols is 1. The van der Waals surface area contributed by atoms with Crippen molar-refractivity contribution in [2.24, 2.45) is 29.1 Å². The number of hydrogen-bond acceptors (Lipinski definition) is 6. The number of carbonyl (C=O) groups is 4. The number of anilines is 1. The molecule has 2 aliphatic heterocycles. The lowest BCUT2D eigenvalue weighted by Gasteiger charge is -2.49. The Balaban J connectivity index is 1.55. The first kappa shape index (κ1) is 27.4. The van der Waals surface area contributed by atoms with Crippen LogP contribution >= 0.6 is 11.6 Å². The highest BCUT2D eigenvalue weighted by Gasteiger charge is 2.67. The molecule has 8 nitrogen and oxygen atoms in total. The molecule has 6 atom stereocenters. The topological polar surface area (TPSA) is 104 Å². The first-order valence-electron chi connectivity index (χ1n) is 13.9. The van der Waals surface area contributed by atoms with E-state index in [9.17, 15) is 28.7 Å². The van der Waals surface area contributed by atoms with Crippen molar-refractivity contribution in [3.05, 3.63) is 64.5 Å². The average molecular weight is 581 g/mol. The maximum atomic E-state index is 14.4. The van der Waals surface area contributed by atoms with Crippen LogP contribution < -0.4 is 9.64 Å². The third-order valence-electron chi connectivity index (χ3n) is 9.48. The molecule has 4 aliphatic rings. The van der Waals surface area contributed by atoms with Crippen molar-refractivity contribution in [3.8, 4) is 11.5 Å². The van der Waals surface area contributed by atoms with Crippen LogP contribution in [-0.4, -0.2) is 46.8 Å². The quantitative estimate of drug-likeness (QED) is 0.401. The third kappa shape index (κ3) is 3.70. The largest absolute Gasteiger partial charge is 0.504 e. The summed E-state index contributed by atoms with van der Waals surface area (Å²) in [5.41, 5.74) is -0.0478. The fourth-order valence-corrected chi connectivity index (χ4v) is 7.83. The second-order valence-corrected chi connectivity index (χ2v) is 11.7. The van der Waals surface area contributed by atoms with E-state index in [1.807, 2.05) is 6.08 Å². The molecule has 0 bridgehead atoms. The molecule has 1 saturated carbocycles. The fourth-order valence-electron chi connectivity index (χ4n) is 7.65. The smallest absolute Gasteiger partial charge is 0.241 e. The minimum atomic E-state index is -1.36. The number of aromatic hydroxyl groups is 1. The van der Waals surface area contributed by atoms with Gasteiger partial charge in [-0.05, 0) is 63.8 Å². The molecule has 2 aliphatic carbocycles. The number of fused-ring (bicyclic) bond motifs is 4. The molecule has 2 heterocycles. The van der Waals surface area contributed by atoms with Gasteiger partial charge in [-0.3, -0.25) is 24.1 Å². The van der Waals surface area contributed by atoms with Gasteiger partial charge >= 0.3 is 0 Å². The summed E-state index contributed by atoms with van der Waals surface area (Å²) in [5, 5.41) is 11.2. The van der Waals surface area contributed by atoms with Crippen molar-refractivity contribution >= 4 is 40.9 Å². The van der Waals surface area contributed by atoms with Gasteiger partial charge in [0, 0.05) is 18.0 Å². The van der Waals surface area contributed by atoms with Crippen LogP contribution in [0.1, 0.15) is 45.1 Å². The summed E-state index contributed by atoms with van der Waals surface area (Å²) in [6.07, 6.45) is 2.42. The van der Waals surface area contributed by atoms with Gasteiger partial charge in [0.2, 0.25) is 23.6 Å². The van der Waals surface area contributed by atoms with Crippen LogP contribution in [0.3, 0.4) is 0 Å². The van der Waals surface area contributed by atoms with Crippen LogP contribution in [0.2, 0.25) is 5.02 Å². The van der Waals surface area contributed by atoms with Crippen LogP contribution in [0.4, 0.5) is 10.1 Å². The number of nitrogens with zero attached hydrogens (tertiary/aromatic N) is 2. The van der Waals surface area contributed by atoms with E-state index < -0.39 is 52.6 Å². The van der Waals surface area contributed by atoms with E-state index in [0.29, 0.717) is 18.6 Å². The minimum Gasteiger partial charge on any atom is -0.504 e. The third-order valence-corrected chi connectivity index (χ3v) is 9.77. The summed E-state index contributed by atoms with van der Waals surface area (Å²) in [5.74, 6) is -5.43. The number of benzene rings is 2. The molecule has 0 spiro atoms. The number of allylic oxidation sites excluding steroid dienone is 2. The molecule has 1 N–H and O–H groups in total. The molecule has 4 amide bonds. The molecule has 6 rings (SSSR count).